The van der Waals surface area contributed by atoms with Crippen LogP contribution in [0.2, 0.25) is 0 Å². The molecule has 0 saturated heterocycles. The van der Waals surface area contributed by atoms with Crippen LogP contribution in [-0.4, -0.2) is 23.7 Å². The Morgan fingerprint density at radius 1 is 1.62 bits per heavy atom. The van der Waals surface area contributed by atoms with Gasteiger partial charge in [0, 0.05) is 0 Å². The van der Waals surface area contributed by atoms with Crippen LogP contribution in [-0.2, 0) is 14.3 Å². The van der Waals surface area contributed by atoms with Crippen molar-refractivity contribution in [2.75, 3.05) is 6.61 Å². The maximum absolute atomic E-state index is 10.9. The first-order valence-corrected chi connectivity index (χ1v) is 3.61. The molecule has 0 aromatic heterocycles. The summed E-state index contributed by atoms with van der Waals surface area (Å²) in [4.78, 5) is 21.3. The Bertz CT molecular complexity index is 274. The second-order valence-corrected chi connectivity index (χ2v) is 2.06. The summed E-state index contributed by atoms with van der Waals surface area (Å²) in [6.45, 7) is 0.856. The zero-order chi connectivity index (χ0) is 10.3. The van der Waals surface area contributed by atoms with Gasteiger partial charge in [-0.05, 0) is 6.42 Å². The SMILES string of the molecule is CCC=C(C#N)C(=O)OC(=O)CO. The lowest BCUT2D eigenvalue weighted by Gasteiger charge is -1.97. The highest BCUT2D eigenvalue weighted by molar-refractivity contribution is 5.99. The van der Waals surface area contributed by atoms with Gasteiger partial charge in [-0.1, -0.05) is 13.0 Å². The fraction of sp³-hybridized carbons (Fsp3) is 0.375. The van der Waals surface area contributed by atoms with Gasteiger partial charge in [0.15, 0.2) is 0 Å². The minimum atomic E-state index is -1.07. The molecule has 0 aliphatic rings. The van der Waals surface area contributed by atoms with E-state index in [1.165, 1.54) is 6.08 Å². The average molecular weight is 183 g/mol. The Morgan fingerprint density at radius 3 is 2.62 bits per heavy atom. The molecule has 70 valence electrons. The van der Waals surface area contributed by atoms with Crippen molar-refractivity contribution in [3.8, 4) is 6.07 Å². The number of rotatable bonds is 3. The van der Waals surface area contributed by atoms with E-state index in [-0.39, 0.29) is 5.57 Å². The van der Waals surface area contributed by atoms with Crippen LogP contribution in [0, 0.1) is 11.3 Å². The highest BCUT2D eigenvalue weighted by Crippen LogP contribution is 1.98. The summed E-state index contributed by atoms with van der Waals surface area (Å²) in [6, 6.07) is 1.58. The van der Waals surface area contributed by atoms with Crippen LogP contribution in [0.4, 0.5) is 0 Å². The average Bonchev–Trinajstić information content (AvgIpc) is 2.13. The fourth-order valence-corrected chi connectivity index (χ4v) is 0.569. The van der Waals surface area contributed by atoms with Crippen molar-refractivity contribution in [2.45, 2.75) is 13.3 Å². The summed E-state index contributed by atoms with van der Waals surface area (Å²) < 4.78 is 4.09. The maximum atomic E-state index is 10.9. The first-order valence-electron chi connectivity index (χ1n) is 3.61. The zero-order valence-electron chi connectivity index (χ0n) is 7.11. The van der Waals surface area contributed by atoms with E-state index in [1.807, 2.05) is 0 Å². The molecule has 0 radical (unpaired) electrons. The number of hydrogen-bond acceptors (Lipinski definition) is 5. The number of carbonyl (C=O) groups excluding carboxylic acids is 2. The zero-order valence-corrected chi connectivity index (χ0v) is 7.11. The van der Waals surface area contributed by atoms with Gasteiger partial charge < -0.3 is 9.84 Å². The largest absolute Gasteiger partial charge is 0.387 e. The first-order chi connectivity index (χ1) is 6.15. The molecule has 0 spiro atoms. The molecule has 0 atom stereocenters. The van der Waals surface area contributed by atoms with E-state index >= 15 is 0 Å². The van der Waals surface area contributed by atoms with Gasteiger partial charge in [-0.15, -0.1) is 0 Å². The van der Waals surface area contributed by atoms with Gasteiger partial charge in [0.05, 0.1) is 0 Å². The lowest BCUT2D eigenvalue weighted by atomic mass is 10.2. The molecule has 0 heterocycles. The topological polar surface area (TPSA) is 87.4 Å². The summed E-state index contributed by atoms with van der Waals surface area (Å²) in [7, 11) is 0. The molecule has 0 aliphatic heterocycles. The van der Waals surface area contributed by atoms with E-state index in [9.17, 15) is 9.59 Å². The number of nitriles is 1. The Hall–Kier alpha value is -1.67. The molecule has 0 amide bonds. The van der Waals surface area contributed by atoms with E-state index in [0.717, 1.165) is 0 Å². The standard InChI is InChI=1S/C8H9NO4/c1-2-3-6(4-9)8(12)13-7(11)5-10/h3,10H,2,5H2,1H3. The Kier molecular flexibility index (Phi) is 5.15. The van der Waals surface area contributed by atoms with E-state index in [0.29, 0.717) is 6.42 Å². The van der Waals surface area contributed by atoms with Crippen molar-refractivity contribution >= 4 is 11.9 Å². The van der Waals surface area contributed by atoms with Crippen molar-refractivity contribution in [3.05, 3.63) is 11.6 Å². The third-order valence-electron chi connectivity index (χ3n) is 1.08. The second kappa shape index (κ2) is 5.91. The van der Waals surface area contributed by atoms with Gasteiger partial charge in [0.25, 0.3) is 0 Å². The van der Waals surface area contributed by atoms with Crippen LogP contribution < -0.4 is 0 Å². The van der Waals surface area contributed by atoms with E-state index in [4.69, 9.17) is 10.4 Å². The molecule has 0 aromatic carbocycles. The lowest BCUT2D eigenvalue weighted by Crippen LogP contribution is -2.16. The quantitative estimate of drug-likeness (QED) is 0.286. The molecule has 0 fully saturated rings. The smallest absolute Gasteiger partial charge is 0.356 e. The Labute approximate surface area is 75.2 Å². The molecule has 5 nitrogen and oxygen atoms in total. The molecule has 13 heavy (non-hydrogen) atoms. The number of esters is 2. The molecule has 0 rings (SSSR count). The van der Waals surface area contributed by atoms with E-state index < -0.39 is 18.5 Å². The number of aliphatic hydroxyl groups is 1. The number of ether oxygens (including phenoxy) is 1. The minimum Gasteiger partial charge on any atom is -0.387 e. The van der Waals surface area contributed by atoms with Crippen molar-refractivity contribution in [1.29, 1.82) is 5.26 Å². The summed E-state index contributed by atoms with van der Waals surface area (Å²) in [5.74, 6) is -2.09. The molecule has 0 aromatic rings. The van der Waals surface area contributed by atoms with Crippen LogP contribution in [0.25, 0.3) is 0 Å². The van der Waals surface area contributed by atoms with Gasteiger partial charge in [0.1, 0.15) is 18.2 Å². The normalized spacial score (nSPS) is 10.4. The maximum Gasteiger partial charge on any atom is 0.356 e. The lowest BCUT2D eigenvalue weighted by molar-refractivity contribution is -0.158. The molecular weight excluding hydrogens is 174 g/mol. The molecular formula is C8H9NO4. The first kappa shape index (κ1) is 11.3. The van der Waals surface area contributed by atoms with Gasteiger partial charge in [0.2, 0.25) is 0 Å². The molecule has 0 saturated carbocycles. The summed E-state index contributed by atoms with van der Waals surface area (Å²) in [5, 5.41) is 16.7. The van der Waals surface area contributed by atoms with Gasteiger partial charge >= 0.3 is 11.9 Å². The molecule has 0 unspecified atom stereocenters. The molecule has 0 bridgehead atoms. The van der Waals surface area contributed by atoms with Crippen LogP contribution in [0.1, 0.15) is 13.3 Å². The molecule has 1 N–H and O–H groups in total. The van der Waals surface area contributed by atoms with Crippen molar-refractivity contribution in [3.63, 3.8) is 0 Å². The van der Waals surface area contributed by atoms with Crippen LogP contribution in [0.3, 0.4) is 0 Å². The number of aliphatic hydroxyl groups excluding tert-OH is 1. The van der Waals surface area contributed by atoms with Crippen LogP contribution in [0.15, 0.2) is 11.6 Å². The molecule has 0 aliphatic carbocycles. The van der Waals surface area contributed by atoms with Gasteiger partial charge in [-0.25, -0.2) is 9.59 Å². The highest BCUT2D eigenvalue weighted by atomic mass is 16.6. The van der Waals surface area contributed by atoms with E-state index in [2.05, 4.69) is 4.74 Å². The van der Waals surface area contributed by atoms with Crippen molar-refractivity contribution in [2.24, 2.45) is 0 Å². The van der Waals surface area contributed by atoms with Crippen molar-refractivity contribution < 1.29 is 19.4 Å². The number of carbonyl (C=O) groups is 2. The summed E-state index contributed by atoms with van der Waals surface area (Å²) in [5.41, 5.74) is -0.232. The fourth-order valence-electron chi connectivity index (χ4n) is 0.569. The summed E-state index contributed by atoms with van der Waals surface area (Å²) in [6.07, 6.45) is 1.83. The predicted molar refractivity (Wildman–Crippen MR) is 42.2 cm³/mol. The third-order valence-corrected chi connectivity index (χ3v) is 1.08. The molecule has 5 heteroatoms. The highest BCUT2D eigenvalue weighted by Gasteiger charge is 2.13. The van der Waals surface area contributed by atoms with Gasteiger partial charge in [-0.3, -0.25) is 0 Å². The van der Waals surface area contributed by atoms with Crippen LogP contribution in [0.5, 0.6) is 0 Å². The Balaban J connectivity index is 4.34. The predicted octanol–water partition coefficient (Wildman–Crippen LogP) is -0.0915. The van der Waals surface area contributed by atoms with Crippen molar-refractivity contribution in [1.82, 2.24) is 0 Å². The van der Waals surface area contributed by atoms with Gasteiger partial charge in [-0.2, -0.15) is 5.26 Å². The number of nitrogens with zero attached hydrogens (tertiary/aromatic N) is 1. The van der Waals surface area contributed by atoms with Crippen LogP contribution >= 0.6 is 0 Å². The second-order valence-electron chi connectivity index (χ2n) is 2.06. The monoisotopic (exact) mass is 183 g/mol. The minimum absolute atomic E-state index is 0.232. The van der Waals surface area contributed by atoms with E-state index in [1.54, 1.807) is 13.0 Å². The number of allylic oxidation sites excluding steroid dienone is 1. The summed E-state index contributed by atoms with van der Waals surface area (Å²) >= 11 is 0. The number of hydrogen-bond donors (Lipinski definition) is 1. The Morgan fingerprint density at radius 2 is 2.23 bits per heavy atom. The third kappa shape index (κ3) is 4.03.